The molecule has 0 fully saturated rings. The highest BCUT2D eigenvalue weighted by atomic mass is 35.5. The third kappa shape index (κ3) is 4.39. The van der Waals surface area contributed by atoms with E-state index in [9.17, 15) is 9.59 Å². The van der Waals surface area contributed by atoms with Crippen LogP contribution in [0.3, 0.4) is 0 Å². The van der Waals surface area contributed by atoms with Gasteiger partial charge in [0.15, 0.2) is 5.82 Å². The standard InChI is InChI=1S/C27H25ClN6O3S/c1-5-37-26(36)27(13-21(35)30-20-7-6-12-29-14-20)25-33-32-17(4)34(25)24-22(15(2)16(3)38-24)23(31-27)18-8-10-19(28)11-9-18/h6-12,14H,5,13H2,1-4H3,(H,30,35). The number of esters is 1. The number of nitrogens with zero attached hydrogens (tertiary/aromatic N) is 5. The van der Waals surface area contributed by atoms with Crippen LogP contribution < -0.4 is 5.32 Å². The van der Waals surface area contributed by atoms with E-state index in [0.29, 0.717) is 22.2 Å². The molecule has 0 bridgehead atoms. The summed E-state index contributed by atoms with van der Waals surface area (Å²) in [5.41, 5.74) is 1.84. The van der Waals surface area contributed by atoms with E-state index in [1.165, 1.54) is 6.20 Å². The summed E-state index contributed by atoms with van der Waals surface area (Å²) in [5.74, 6) is -0.348. The third-order valence-electron chi connectivity index (χ3n) is 6.40. The Kier molecular flexibility index (Phi) is 6.85. The van der Waals surface area contributed by atoms with Crippen molar-refractivity contribution in [3.8, 4) is 5.00 Å². The molecule has 11 heteroatoms. The Hall–Kier alpha value is -3.89. The first kappa shape index (κ1) is 25.7. The number of carbonyl (C=O) groups excluding carboxylic acids is 2. The van der Waals surface area contributed by atoms with Gasteiger partial charge in [-0.05, 0) is 57.5 Å². The molecule has 0 radical (unpaired) electrons. The molecule has 1 N–H and O–H groups in total. The Morgan fingerprint density at radius 2 is 1.89 bits per heavy atom. The third-order valence-corrected chi connectivity index (χ3v) is 7.84. The maximum Gasteiger partial charge on any atom is 0.342 e. The summed E-state index contributed by atoms with van der Waals surface area (Å²) in [6.45, 7) is 7.67. The Morgan fingerprint density at radius 1 is 1.13 bits per heavy atom. The maximum atomic E-state index is 13.9. The van der Waals surface area contributed by atoms with Crippen LogP contribution in [0.2, 0.25) is 5.02 Å². The van der Waals surface area contributed by atoms with Gasteiger partial charge in [-0.1, -0.05) is 23.7 Å². The van der Waals surface area contributed by atoms with E-state index in [0.717, 1.165) is 26.6 Å². The Bertz CT molecular complexity index is 1560. The highest BCUT2D eigenvalue weighted by molar-refractivity contribution is 7.15. The lowest BCUT2D eigenvalue weighted by Crippen LogP contribution is -2.42. The first-order chi connectivity index (χ1) is 18.2. The molecule has 0 saturated carbocycles. The van der Waals surface area contributed by atoms with E-state index in [2.05, 4.69) is 20.5 Å². The van der Waals surface area contributed by atoms with E-state index in [1.54, 1.807) is 48.7 Å². The van der Waals surface area contributed by atoms with Crippen molar-refractivity contribution in [1.29, 1.82) is 0 Å². The second-order valence-corrected chi connectivity index (χ2v) is 10.5. The molecule has 5 rings (SSSR count). The van der Waals surface area contributed by atoms with Gasteiger partial charge < -0.3 is 10.1 Å². The molecule has 0 spiro atoms. The number of nitrogens with one attached hydrogen (secondary N) is 1. The molecule has 4 heterocycles. The van der Waals surface area contributed by atoms with Crippen molar-refractivity contribution in [2.24, 2.45) is 4.99 Å². The minimum Gasteiger partial charge on any atom is -0.464 e. The van der Waals surface area contributed by atoms with Crippen LogP contribution in [0.4, 0.5) is 5.69 Å². The number of aromatic nitrogens is 4. The Labute approximate surface area is 228 Å². The zero-order chi connectivity index (χ0) is 27.0. The van der Waals surface area contributed by atoms with E-state index in [4.69, 9.17) is 21.3 Å². The number of benzene rings is 1. The highest BCUT2D eigenvalue weighted by Crippen LogP contribution is 2.43. The number of halogens is 1. The van der Waals surface area contributed by atoms with Gasteiger partial charge in [0.05, 0.1) is 30.6 Å². The van der Waals surface area contributed by atoms with Crippen molar-refractivity contribution in [1.82, 2.24) is 19.7 Å². The summed E-state index contributed by atoms with van der Waals surface area (Å²) in [7, 11) is 0. The first-order valence-corrected chi connectivity index (χ1v) is 13.2. The fourth-order valence-electron chi connectivity index (χ4n) is 4.48. The van der Waals surface area contributed by atoms with Crippen LogP contribution in [0.1, 0.15) is 46.6 Å². The number of pyridine rings is 1. The molecule has 4 aromatic rings. The summed E-state index contributed by atoms with van der Waals surface area (Å²) in [4.78, 5) is 37.5. The quantitative estimate of drug-likeness (QED) is 0.342. The second-order valence-electron chi connectivity index (χ2n) is 8.88. The second kappa shape index (κ2) is 10.1. The van der Waals surface area contributed by atoms with Crippen molar-refractivity contribution < 1.29 is 14.3 Å². The number of ether oxygens (including phenoxy) is 1. The Morgan fingerprint density at radius 3 is 2.58 bits per heavy atom. The lowest BCUT2D eigenvalue weighted by atomic mass is 9.92. The summed E-state index contributed by atoms with van der Waals surface area (Å²) in [6, 6.07) is 10.7. The molecule has 1 unspecified atom stereocenters. The number of fused-ring (bicyclic) bond motifs is 3. The smallest absolute Gasteiger partial charge is 0.342 e. The average molecular weight is 549 g/mol. The largest absolute Gasteiger partial charge is 0.464 e. The molecule has 38 heavy (non-hydrogen) atoms. The molecule has 9 nitrogen and oxygen atoms in total. The van der Waals surface area contributed by atoms with Gasteiger partial charge in [0.1, 0.15) is 10.8 Å². The number of anilines is 1. The molecular formula is C27H25ClN6O3S. The monoisotopic (exact) mass is 548 g/mol. The topological polar surface area (TPSA) is 111 Å². The molecule has 0 aliphatic carbocycles. The summed E-state index contributed by atoms with van der Waals surface area (Å²) in [6.07, 6.45) is 2.78. The Balaban J connectivity index is 1.79. The van der Waals surface area contributed by atoms with Crippen molar-refractivity contribution in [3.05, 3.63) is 87.0 Å². The van der Waals surface area contributed by atoms with Crippen LogP contribution in [-0.2, 0) is 19.9 Å². The predicted octanol–water partition coefficient (Wildman–Crippen LogP) is 4.94. The first-order valence-electron chi connectivity index (χ1n) is 12.0. The molecule has 1 amide bonds. The summed E-state index contributed by atoms with van der Waals surface area (Å²) < 4.78 is 7.37. The maximum absolute atomic E-state index is 13.9. The van der Waals surface area contributed by atoms with Gasteiger partial charge in [0, 0.05) is 27.2 Å². The van der Waals surface area contributed by atoms with Crippen molar-refractivity contribution in [3.63, 3.8) is 0 Å². The molecule has 1 aliphatic rings. The van der Waals surface area contributed by atoms with E-state index >= 15 is 0 Å². The predicted molar refractivity (Wildman–Crippen MR) is 146 cm³/mol. The van der Waals surface area contributed by atoms with Gasteiger partial charge in [-0.25, -0.2) is 4.79 Å². The van der Waals surface area contributed by atoms with Crippen LogP contribution in [-0.4, -0.2) is 43.9 Å². The SMILES string of the molecule is CCOC(=O)C1(CC(=O)Nc2cccnc2)N=C(c2ccc(Cl)cc2)c2c(sc(C)c2C)-n2c(C)nnc21. The minimum absolute atomic E-state index is 0.101. The van der Waals surface area contributed by atoms with Crippen molar-refractivity contribution in [2.75, 3.05) is 11.9 Å². The number of thiophene rings is 1. The van der Waals surface area contributed by atoms with Gasteiger partial charge in [0.25, 0.3) is 0 Å². The number of hydrogen-bond acceptors (Lipinski definition) is 8. The van der Waals surface area contributed by atoms with Gasteiger partial charge >= 0.3 is 5.97 Å². The number of aryl methyl sites for hydroxylation is 2. The lowest BCUT2D eigenvalue weighted by Gasteiger charge is -2.26. The number of aliphatic imine (C=N–C) groups is 1. The van der Waals surface area contributed by atoms with E-state index < -0.39 is 17.4 Å². The molecule has 194 valence electrons. The highest BCUT2D eigenvalue weighted by Gasteiger charge is 2.51. The van der Waals surface area contributed by atoms with Crippen LogP contribution >= 0.6 is 22.9 Å². The van der Waals surface area contributed by atoms with Crippen molar-refractivity contribution in [2.45, 2.75) is 39.7 Å². The molecule has 1 aliphatic heterocycles. The zero-order valence-electron chi connectivity index (χ0n) is 21.3. The number of rotatable bonds is 6. The number of amides is 1. The zero-order valence-corrected chi connectivity index (χ0v) is 22.9. The van der Waals surface area contributed by atoms with Crippen LogP contribution in [0.5, 0.6) is 0 Å². The van der Waals surface area contributed by atoms with Crippen LogP contribution in [0.15, 0.2) is 53.8 Å². The summed E-state index contributed by atoms with van der Waals surface area (Å²) in [5, 5.41) is 12.9. The average Bonchev–Trinajstić information content (AvgIpc) is 3.38. The number of carbonyl (C=O) groups is 2. The molecule has 3 aromatic heterocycles. The van der Waals surface area contributed by atoms with E-state index in [1.807, 2.05) is 37.5 Å². The fraction of sp³-hybridized carbons (Fsp3) is 0.259. The normalized spacial score (nSPS) is 16.2. The van der Waals surface area contributed by atoms with Gasteiger partial charge in [-0.15, -0.1) is 21.5 Å². The van der Waals surface area contributed by atoms with E-state index in [-0.39, 0.29) is 18.9 Å². The summed E-state index contributed by atoms with van der Waals surface area (Å²) >= 11 is 7.75. The fourth-order valence-corrected chi connectivity index (χ4v) is 5.82. The lowest BCUT2D eigenvalue weighted by molar-refractivity contribution is -0.151. The van der Waals surface area contributed by atoms with Crippen LogP contribution in [0.25, 0.3) is 5.00 Å². The van der Waals surface area contributed by atoms with Gasteiger partial charge in [-0.2, -0.15) is 0 Å². The minimum atomic E-state index is -1.81. The van der Waals surface area contributed by atoms with Gasteiger partial charge in [-0.3, -0.25) is 19.3 Å². The van der Waals surface area contributed by atoms with Gasteiger partial charge in [0.2, 0.25) is 11.4 Å². The molecule has 1 aromatic carbocycles. The number of hydrogen-bond donors (Lipinski definition) is 1. The molecule has 1 atom stereocenters. The van der Waals surface area contributed by atoms with Crippen molar-refractivity contribution >= 4 is 46.2 Å². The van der Waals surface area contributed by atoms with Crippen LogP contribution in [0, 0.1) is 20.8 Å². The molecular weight excluding hydrogens is 524 g/mol. The molecule has 0 saturated heterocycles.